The van der Waals surface area contributed by atoms with Gasteiger partial charge in [0.05, 0.1) is 0 Å². The molecule has 1 nitrogen and oxygen atoms in total. The second kappa shape index (κ2) is 17.4. The number of rotatable bonds is 0. The predicted molar refractivity (Wildman–Crippen MR) is 113 cm³/mol. The molecule has 1 aromatic carbocycles. The van der Waals surface area contributed by atoms with Crippen molar-refractivity contribution in [2.75, 3.05) is 0 Å². The standard InChI is InChI=1S/C12H24N.C9H13.2CH3.Ti/c13-12-10-8-6-4-2-1-3-5-7-9-11-12;1-6-5-7(2)9(4)8(6)3;;;/h12-13H,1-11H2;5H,1-4H3;2*1H3;/q4*-1;+4. The second-order valence-corrected chi connectivity index (χ2v) is 7.22. The smallest absolute Gasteiger partial charge is 0.675 e. The molecule has 1 aliphatic carbocycles. The average Bonchev–Trinajstić information content (AvgIpc) is 2.70. The fraction of sp³-hybridized carbons (Fsp3) is 0.696. The van der Waals surface area contributed by atoms with Crippen molar-refractivity contribution in [1.29, 1.82) is 0 Å². The van der Waals surface area contributed by atoms with Crippen LogP contribution in [-0.4, -0.2) is 6.04 Å². The van der Waals surface area contributed by atoms with E-state index in [1.807, 2.05) is 0 Å². The van der Waals surface area contributed by atoms with Crippen molar-refractivity contribution < 1.29 is 21.7 Å². The van der Waals surface area contributed by atoms with E-state index in [1.165, 1.54) is 80.0 Å². The van der Waals surface area contributed by atoms with Gasteiger partial charge >= 0.3 is 21.7 Å². The van der Waals surface area contributed by atoms with Gasteiger partial charge in [0.2, 0.25) is 0 Å². The predicted octanol–water partition coefficient (Wildman–Crippen LogP) is 8.25. The van der Waals surface area contributed by atoms with E-state index in [-0.39, 0.29) is 42.6 Å². The van der Waals surface area contributed by atoms with Crippen molar-refractivity contribution in [3.8, 4) is 0 Å². The first-order valence-electron chi connectivity index (χ1n) is 9.43. The minimum absolute atomic E-state index is 0. The van der Waals surface area contributed by atoms with E-state index in [0.29, 0.717) is 0 Å². The van der Waals surface area contributed by atoms with Crippen molar-refractivity contribution in [3.05, 3.63) is 48.9 Å². The van der Waals surface area contributed by atoms with Crippen LogP contribution in [0, 0.1) is 42.5 Å². The molecule has 2 rings (SSSR count). The van der Waals surface area contributed by atoms with Gasteiger partial charge in [-0.1, -0.05) is 98.3 Å². The molecule has 0 radical (unpaired) electrons. The Hall–Kier alpha value is 0.0243. The third-order valence-corrected chi connectivity index (χ3v) is 5.28. The molecule has 0 saturated heterocycles. The van der Waals surface area contributed by atoms with Crippen molar-refractivity contribution in [3.63, 3.8) is 0 Å². The van der Waals surface area contributed by atoms with E-state index in [4.69, 9.17) is 5.73 Å². The molecule has 0 atom stereocenters. The van der Waals surface area contributed by atoms with E-state index < -0.39 is 0 Å². The van der Waals surface area contributed by atoms with Gasteiger partial charge in [0.25, 0.3) is 0 Å². The van der Waals surface area contributed by atoms with Crippen molar-refractivity contribution in [2.24, 2.45) is 0 Å². The summed E-state index contributed by atoms with van der Waals surface area (Å²) >= 11 is 0. The van der Waals surface area contributed by atoms with Crippen LogP contribution in [-0.2, 0) is 21.7 Å². The minimum Gasteiger partial charge on any atom is -0.675 e. The molecule has 0 amide bonds. The van der Waals surface area contributed by atoms with Gasteiger partial charge < -0.3 is 20.6 Å². The quantitative estimate of drug-likeness (QED) is 0.319. The van der Waals surface area contributed by atoms with Crippen molar-refractivity contribution in [2.45, 2.75) is 104 Å². The Morgan fingerprint density at radius 3 is 1.40 bits per heavy atom. The fourth-order valence-electron chi connectivity index (χ4n) is 3.30. The summed E-state index contributed by atoms with van der Waals surface area (Å²) in [6.07, 6.45) is 14.8. The Labute approximate surface area is 174 Å². The molecule has 0 spiro atoms. The van der Waals surface area contributed by atoms with Gasteiger partial charge in [-0.2, -0.15) is 28.3 Å². The summed E-state index contributed by atoms with van der Waals surface area (Å²) in [4.78, 5) is 0. The van der Waals surface area contributed by atoms with Crippen molar-refractivity contribution in [1.82, 2.24) is 0 Å². The second-order valence-electron chi connectivity index (χ2n) is 7.22. The van der Waals surface area contributed by atoms with E-state index in [1.54, 1.807) is 0 Å². The van der Waals surface area contributed by atoms with Gasteiger partial charge in [-0.3, -0.25) is 0 Å². The molecule has 1 saturated carbocycles. The third kappa shape index (κ3) is 12.9. The van der Waals surface area contributed by atoms with E-state index >= 15 is 0 Å². The molecule has 0 aromatic heterocycles. The molecule has 0 bridgehead atoms. The largest absolute Gasteiger partial charge is 4.00 e. The number of nitrogens with one attached hydrogen (secondary N) is 1. The Morgan fingerprint density at radius 2 is 1.16 bits per heavy atom. The molecule has 0 heterocycles. The molecule has 1 aliphatic rings. The molecule has 2 heteroatoms. The van der Waals surface area contributed by atoms with Crippen LogP contribution in [0.4, 0.5) is 0 Å². The van der Waals surface area contributed by atoms with Gasteiger partial charge in [0.1, 0.15) is 0 Å². The van der Waals surface area contributed by atoms with Gasteiger partial charge in [-0.25, -0.2) is 0 Å². The number of aryl methyl sites for hydroxylation is 2. The van der Waals surface area contributed by atoms with Crippen LogP contribution in [0.5, 0.6) is 0 Å². The SMILES string of the molecule is Cc1c[c-](C)c(C)c1C.[CH3-].[CH3-].[NH-]C1CCCCCCCCCCC1.[Ti+4]. The molecule has 1 N–H and O–H groups in total. The Kier molecular flexibility index (Phi) is 20.8. The molecule has 0 unspecified atom stereocenters. The molecule has 0 aliphatic heterocycles. The van der Waals surface area contributed by atoms with Crippen LogP contribution >= 0.6 is 0 Å². The first-order chi connectivity index (χ1) is 10.5. The first kappa shape index (κ1) is 29.8. The van der Waals surface area contributed by atoms with Crippen LogP contribution in [0.2, 0.25) is 0 Å². The van der Waals surface area contributed by atoms with E-state index in [2.05, 4.69) is 33.8 Å². The van der Waals surface area contributed by atoms with Crippen LogP contribution in [0.15, 0.2) is 6.07 Å². The van der Waals surface area contributed by atoms with Gasteiger partial charge in [0, 0.05) is 0 Å². The summed E-state index contributed by atoms with van der Waals surface area (Å²) in [7, 11) is 0. The topological polar surface area (TPSA) is 23.8 Å². The van der Waals surface area contributed by atoms with Crippen molar-refractivity contribution >= 4 is 0 Å². The Bertz CT molecular complexity index is 374. The summed E-state index contributed by atoms with van der Waals surface area (Å²) < 4.78 is 0. The fourth-order valence-corrected chi connectivity index (χ4v) is 3.30. The summed E-state index contributed by atoms with van der Waals surface area (Å²) in [6.45, 7) is 8.68. The van der Waals surface area contributed by atoms with E-state index in [9.17, 15) is 0 Å². The minimum atomic E-state index is 0. The molecule has 25 heavy (non-hydrogen) atoms. The zero-order valence-corrected chi connectivity index (χ0v) is 19.5. The van der Waals surface area contributed by atoms with Crippen LogP contribution in [0.25, 0.3) is 5.73 Å². The molecular weight excluding hydrogens is 338 g/mol. The normalized spacial score (nSPS) is 16.5. The van der Waals surface area contributed by atoms with Gasteiger partial charge in [-0.15, -0.1) is 6.04 Å². The van der Waals surface area contributed by atoms with Gasteiger partial charge in [-0.05, 0) is 0 Å². The average molecular weight is 381 g/mol. The summed E-state index contributed by atoms with van der Waals surface area (Å²) in [5.74, 6) is 0. The number of hydrogen-bond acceptors (Lipinski definition) is 0. The Balaban J connectivity index is -0.000000362. The van der Waals surface area contributed by atoms with E-state index in [0.717, 1.165) is 12.8 Å². The maximum Gasteiger partial charge on any atom is 4.00 e. The summed E-state index contributed by atoms with van der Waals surface area (Å²) in [5.41, 5.74) is 13.5. The maximum absolute atomic E-state index is 7.80. The summed E-state index contributed by atoms with van der Waals surface area (Å²) in [5, 5.41) is 0. The monoisotopic (exact) mass is 381 g/mol. The van der Waals surface area contributed by atoms with Crippen LogP contribution < -0.4 is 0 Å². The third-order valence-electron chi connectivity index (χ3n) is 5.28. The molecule has 1 aromatic rings. The Morgan fingerprint density at radius 1 is 0.800 bits per heavy atom. The molecular formula is C23H43NTi. The maximum atomic E-state index is 7.80. The molecule has 1 fully saturated rings. The first-order valence-corrected chi connectivity index (χ1v) is 9.43. The van der Waals surface area contributed by atoms with Crippen LogP contribution in [0.1, 0.15) is 92.9 Å². The van der Waals surface area contributed by atoms with Gasteiger partial charge in [0.15, 0.2) is 0 Å². The zero-order chi connectivity index (χ0) is 16.4. The summed E-state index contributed by atoms with van der Waals surface area (Å²) in [6, 6.07) is 2.49. The number of hydrogen-bond donors (Lipinski definition) is 0. The molecule has 144 valence electrons. The zero-order valence-electron chi connectivity index (χ0n) is 17.9. The van der Waals surface area contributed by atoms with Crippen LogP contribution in [0.3, 0.4) is 0 Å².